The zero-order valence-electron chi connectivity index (χ0n) is 21.9. The Labute approximate surface area is 237 Å². The average molecular weight is 552 g/mol. The molecular weight excluding hydrogens is 526 g/mol. The van der Waals surface area contributed by atoms with Crippen molar-refractivity contribution in [3.8, 4) is 11.5 Å². The van der Waals surface area contributed by atoms with E-state index in [2.05, 4.69) is 24.5 Å². The minimum absolute atomic E-state index is 0.0189. The number of hydrogen-bond donors (Lipinski definition) is 2. The Morgan fingerprint density at radius 3 is 1.98 bits per heavy atom. The molecule has 4 aromatic rings. The summed E-state index contributed by atoms with van der Waals surface area (Å²) >= 11 is 6.26. The van der Waals surface area contributed by atoms with E-state index in [1.54, 1.807) is 60.7 Å². The van der Waals surface area contributed by atoms with E-state index >= 15 is 0 Å². The number of carbonyl (C=O) groups excluding carboxylic acids is 3. The largest absolute Gasteiger partial charge is 0.457 e. The summed E-state index contributed by atoms with van der Waals surface area (Å²) in [6, 6.07) is 30.2. The summed E-state index contributed by atoms with van der Waals surface area (Å²) in [7, 11) is 0. The first kappa shape index (κ1) is 26.7. The fraction of sp³-hybridized carbons (Fsp3) is 0.0938. The summed E-state index contributed by atoms with van der Waals surface area (Å²) in [6.07, 6.45) is 0. The van der Waals surface area contributed by atoms with Crippen LogP contribution in [0.3, 0.4) is 0 Å². The van der Waals surface area contributed by atoms with Crippen LogP contribution >= 0.6 is 11.6 Å². The van der Waals surface area contributed by atoms with Gasteiger partial charge in [-0.3, -0.25) is 14.4 Å². The van der Waals surface area contributed by atoms with Gasteiger partial charge in [0, 0.05) is 16.9 Å². The van der Waals surface area contributed by atoms with Gasteiger partial charge in [-0.15, -0.1) is 0 Å². The molecule has 1 heterocycles. The van der Waals surface area contributed by atoms with Crippen LogP contribution < -0.4 is 20.3 Å². The van der Waals surface area contributed by atoms with Crippen molar-refractivity contribution in [2.24, 2.45) is 0 Å². The summed E-state index contributed by atoms with van der Waals surface area (Å²) in [5.74, 6) is 0.253. The van der Waals surface area contributed by atoms with E-state index in [9.17, 15) is 14.4 Å². The lowest BCUT2D eigenvalue weighted by Crippen LogP contribution is -2.32. The van der Waals surface area contributed by atoms with E-state index in [-0.39, 0.29) is 16.6 Å². The maximum Gasteiger partial charge on any atom is 0.283 e. The smallest absolute Gasteiger partial charge is 0.283 e. The molecule has 40 heavy (non-hydrogen) atoms. The number of carbonyl (C=O) groups is 3. The fourth-order valence-corrected chi connectivity index (χ4v) is 4.35. The maximum absolute atomic E-state index is 13.1. The Bertz CT molecular complexity index is 1580. The number of halogens is 1. The highest BCUT2D eigenvalue weighted by atomic mass is 35.5. The van der Waals surface area contributed by atoms with Gasteiger partial charge < -0.3 is 15.4 Å². The van der Waals surface area contributed by atoms with Crippen LogP contribution in [0.2, 0.25) is 0 Å². The lowest BCUT2D eigenvalue weighted by Gasteiger charge is -2.16. The van der Waals surface area contributed by atoms with E-state index in [4.69, 9.17) is 16.3 Å². The number of benzene rings is 4. The molecule has 4 aromatic carbocycles. The van der Waals surface area contributed by atoms with Crippen LogP contribution in [0.15, 0.2) is 114 Å². The van der Waals surface area contributed by atoms with Crippen LogP contribution in [-0.4, -0.2) is 17.7 Å². The Morgan fingerprint density at radius 1 is 0.750 bits per heavy atom. The third-order valence-corrected chi connectivity index (χ3v) is 6.70. The number of para-hydroxylation sites is 1. The first-order valence-corrected chi connectivity index (χ1v) is 13.1. The lowest BCUT2D eigenvalue weighted by atomic mass is 10.0. The highest BCUT2D eigenvalue weighted by Gasteiger charge is 2.39. The van der Waals surface area contributed by atoms with Crippen molar-refractivity contribution in [3.05, 3.63) is 125 Å². The second kappa shape index (κ2) is 11.5. The van der Waals surface area contributed by atoms with Crippen molar-refractivity contribution >= 4 is 46.4 Å². The third kappa shape index (κ3) is 5.75. The zero-order valence-corrected chi connectivity index (χ0v) is 22.6. The normalized spacial score (nSPS) is 13.2. The number of imide groups is 1. The average Bonchev–Trinajstić information content (AvgIpc) is 3.17. The van der Waals surface area contributed by atoms with Crippen molar-refractivity contribution in [1.82, 2.24) is 0 Å². The molecule has 0 unspecified atom stereocenters. The topological polar surface area (TPSA) is 87.7 Å². The number of anilines is 3. The van der Waals surface area contributed by atoms with Gasteiger partial charge in [0.1, 0.15) is 22.2 Å². The van der Waals surface area contributed by atoms with Crippen molar-refractivity contribution in [2.75, 3.05) is 15.5 Å². The van der Waals surface area contributed by atoms with E-state index in [1.807, 2.05) is 42.5 Å². The van der Waals surface area contributed by atoms with Gasteiger partial charge in [0.2, 0.25) is 0 Å². The molecule has 5 rings (SSSR count). The minimum Gasteiger partial charge on any atom is -0.457 e. The molecule has 0 saturated carbocycles. The van der Waals surface area contributed by atoms with Crippen LogP contribution in [0.1, 0.15) is 35.7 Å². The second-order valence-corrected chi connectivity index (χ2v) is 9.85. The summed E-state index contributed by atoms with van der Waals surface area (Å²) in [6.45, 7) is 4.13. The predicted octanol–water partition coefficient (Wildman–Crippen LogP) is 7.29. The highest BCUT2D eigenvalue weighted by molar-refractivity contribution is 6.53. The SMILES string of the molecule is CC(C)c1ccc(N2C(=O)C(Cl)=C(Nc3ccc(C(=O)Nc4ccc(Oc5ccccc5)cc4)cc3)C2=O)cc1. The quantitative estimate of drug-likeness (QED) is 0.224. The van der Waals surface area contributed by atoms with E-state index < -0.39 is 11.8 Å². The van der Waals surface area contributed by atoms with Crippen LogP contribution in [0.5, 0.6) is 11.5 Å². The number of nitrogens with zero attached hydrogens (tertiary/aromatic N) is 1. The van der Waals surface area contributed by atoms with Crippen LogP contribution in [0, 0.1) is 0 Å². The molecule has 0 radical (unpaired) electrons. The molecule has 2 N–H and O–H groups in total. The molecule has 0 atom stereocenters. The molecule has 7 nitrogen and oxygen atoms in total. The number of rotatable bonds is 8. The predicted molar refractivity (Wildman–Crippen MR) is 157 cm³/mol. The molecule has 0 bridgehead atoms. The van der Waals surface area contributed by atoms with Crippen LogP contribution in [0.25, 0.3) is 0 Å². The molecule has 3 amide bonds. The Morgan fingerprint density at radius 2 is 1.35 bits per heavy atom. The van der Waals surface area contributed by atoms with Crippen LogP contribution in [-0.2, 0) is 9.59 Å². The third-order valence-electron chi connectivity index (χ3n) is 6.35. The Balaban J connectivity index is 1.21. The van der Waals surface area contributed by atoms with Gasteiger partial charge >= 0.3 is 0 Å². The van der Waals surface area contributed by atoms with Gasteiger partial charge in [-0.2, -0.15) is 0 Å². The molecule has 1 aliphatic rings. The molecule has 0 aliphatic carbocycles. The Hall–Kier alpha value is -4.88. The first-order valence-electron chi connectivity index (χ1n) is 12.7. The summed E-state index contributed by atoms with van der Waals surface area (Å²) < 4.78 is 5.78. The maximum atomic E-state index is 13.1. The molecule has 0 saturated heterocycles. The minimum atomic E-state index is -0.595. The molecule has 8 heteroatoms. The number of amides is 3. The lowest BCUT2D eigenvalue weighted by molar-refractivity contribution is -0.120. The molecule has 0 fully saturated rings. The summed E-state index contributed by atoms with van der Waals surface area (Å²) in [5, 5.41) is 5.58. The highest BCUT2D eigenvalue weighted by Crippen LogP contribution is 2.31. The van der Waals surface area contributed by atoms with E-state index in [0.29, 0.717) is 34.3 Å². The van der Waals surface area contributed by atoms with Crippen LogP contribution in [0.4, 0.5) is 17.1 Å². The summed E-state index contributed by atoms with van der Waals surface area (Å²) in [5.41, 5.74) is 3.05. The summed E-state index contributed by atoms with van der Waals surface area (Å²) in [4.78, 5) is 39.7. The zero-order chi connectivity index (χ0) is 28.2. The molecule has 0 spiro atoms. The van der Waals surface area contributed by atoms with Crippen molar-refractivity contribution in [1.29, 1.82) is 0 Å². The number of ether oxygens (including phenoxy) is 1. The fourth-order valence-electron chi connectivity index (χ4n) is 4.14. The molecule has 0 aromatic heterocycles. The number of nitrogens with one attached hydrogen (secondary N) is 2. The van der Waals surface area contributed by atoms with Crippen molar-refractivity contribution in [2.45, 2.75) is 19.8 Å². The van der Waals surface area contributed by atoms with E-state index in [0.717, 1.165) is 16.2 Å². The number of hydrogen-bond acceptors (Lipinski definition) is 5. The Kier molecular flexibility index (Phi) is 7.66. The molecular formula is C32H26ClN3O4. The van der Waals surface area contributed by atoms with Gasteiger partial charge in [0.05, 0.1) is 5.69 Å². The second-order valence-electron chi connectivity index (χ2n) is 9.48. The van der Waals surface area contributed by atoms with E-state index in [1.165, 1.54) is 0 Å². The van der Waals surface area contributed by atoms with Gasteiger partial charge in [-0.05, 0) is 84.3 Å². The standard InChI is InChI=1S/C32H26ClN3O4/c1-20(2)21-10-16-25(17-11-21)36-31(38)28(33)29(32(36)39)34-23-12-8-22(9-13-23)30(37)35-24-14-18-27(19-15-24)40-26-6-4-3-5-7-26/h3-20,34H,1-2H3,(H,35,37). The van der Waals surface area contributed by atoms with Crippen molar-refractivity contribution < 1.29 is 19.1 Å². The monoisotopic (exact) mass is 551 g/mol. The van der Waals surface area contributed by atoms with Gasteiger partial charge in [-0.25, -0.2) is 4.90 Å². The molecule has 200 valence electrons. The van der Waals surface area contributed by atoms with Crippen molar-refractivity contribution in [3.63, 3.8) is 0 Å². The van der Waals surface area contributed by atoms with Gasteiger partial charge in [-0.1, -0.05) is 55.8 Å². The first-order chi connectivity index (χ1) is 19.3. The van der Waals surface area contributed by atoms with Gasteiger partial charge in [0.15, 0.2) is 0 Å². The van der Waals surface area contributed by atoms with Gasteiger partial charge in [0.25, 0.3) is 17.7 Å². The molecule has 1 aliphatic heterocycles.